The lowest BCUT2D eigenvalue weighted by Gasteiger charge is -2.12. The van der Waals surface area contributed by atoms with Crippen molar-refractivity contribution in [3.8, 4) is 16.9 Å². The molecule has 0 atom stereocenters. The molecule has 3 nitrogen and oxygen atoms in total. The lowest BCUT2D eigenvalue weighted by atomic mass is 10.1. The van der Waals surface area contributed by atoms with E-state index in [1.165, 1.54) is 11.1 Å². The van der Waals surface area contributed by atoms with Gasteiger partial charge in [-0.3, -0.25) is 0 Å². The number of aromatic nitrogens is 2. The van der Waals surface area contributed by atoms with Crippen molar-refractivity contribution < 1.29 is 0 Å². The summed E-state index contributed by atoms with van der Waals surface area (Å²) in [6.45, 7) is 4.63. The number of rotatable bonds is 3. The first kappa shape index (κ1) is 14.8. The standard InChI is InChI=1S/C18H18ClN3/c1-12-4-3-5-17(13(12)2)22-18(10-16(11-20)21-22)14-6-8-15(19)9-7-14/h3-10H,11,20H2,1-2H3. The first-order chi connectivity index (χ1) is 10.6. The fourth-order valence-electron chi connectivity index (χ4n) is 2.50. The predicted molar refractivity (Wildman–Crippen MR) is 91.4 cm³/mol. The molecule has 4 heteroatoms. The second-order valence-electron chi connectivity index (χ2n) is 5.36. The molecule has 0 aliphatic rings. The Morgan fingerprint density at radius 2 is 1.82 bits per heavy atom. The minimum atomic E-state index is 0.415. The highest BCUT2D eigenvalue weighted by Gasteiger charge is 2.13. The van der Waals surface area contributed by atoms with Crippen LogP contribution in [0.3, 0.4) is 0 Å². The van der Waals surface area contributed by atoms with Gasteiger partial charge in [0.05, 0.1) is 17.1 Å². The smallest absolute Gasteiger partial charge is 0.0771 e. The zero-order chi connectivity index (χ0) is 15.7. The van der Waals surface area contributed by atoms with E-state index in [0.29, 0.717) is 6.54 Å². The number of hydrogen-bond donors (Lipinski definition) is 1. The van der Waals surface area contributed by atoms with Crippen LogP contribution in [-0.2, 0) is 6.54 Å². The Labute approximate surface area is 135 Å². The Morgan fingerprint density at radius 3 is 2.50 bits per heavy atom. The summed E-state index contributed by atoms with van der Waals surface area (Å²) in [5, 5.41) is 5.38. The van der Waals surface area contributed by atoms with Crippen LogP contribution in [-0.4, -0.2) is 9.78 Å². The van der Waals surface area contributed by atoms with E-state index < -0.39 is 0 Å². The first-order valence-corrected chi connectivity index (χ1v) is 7.59. The molecule has 2 aromatic carbocycles. The Morgan fingerprint density at radius 1 is 1.09 bits per heavy atom. The van der Waals surface area contributed by atoms with Gasteiger partial charge in [0.25, 0.3) is 0 Å². The van der Waals surface area contributed by atoms with E-state index in [9.17, 15) is 0 Å². The Balaban J connectivity index is 2.21. The van der Waals surface area contributed by atoms with Crippen molar-refractivity contribution in [1.29, 1.82) is 0 Å². The summed E-state index contributed by atoms with van der Waals surface area (Å²) in [6.07, 6.45) is 0. The van der Waals surface area contributed by atoms with Crippen molar-refractivity contribution in [2.24, 2.45) is 5.73 Å². The molecule has 0 bridgehead atoms. The second kappa shape index (κ2) is 5.95. The lowest BCUT2D eigenvalue weighted by Crippen LogP contribution is -2.04. The summed E-state index contributed by atoms with van der Waals surface area (Å²) < 4.78 is 1.97. The number of nitrogens with zero attached hydrogens (tertiary/aromatic N) is 2. The van der Waals surface area contributed by atoms with Crippen molar-refractivity contribution in [1.82, 2.24) is 9.78 Å². The third-order valence-electron chi connectivity index (χ3n) is 3.91. The molecule has 112 valence electrons. The van der Waals surface area contributed by atoms with Crippen LogP contribution in [0.2, 0.25) is 5.02 Å². The summed E-state index contributed by atoms with van der Waals surface area (Å²) in [6, 6.07) is 16.0. The highest BCUT2D eigenvalue weighted by Crippen LogP contribution is 2.27. The van der Waals surface area contributed by atoms with E-state index >= 15 is 0 Å². The number of benzene rings is 2. The van der Waals surface area contributed by atoms with Crippen LogP contribution in [0.1, 0.15) is 16.8 Å². The summed E-state index contributed by atoms with van der Waals surface area (Å²) in [7, 11) is 0. The van der Waals surface area contributed by atoms with E-state index in [4.69, 9.17) is 17.3 Å². The molecule has 0 saturated heterocycles. The van der Waals surface area contributed by atoms with E-state index in [-0.39, 0.29) is 0 Å². The van der Waals surface area contributed by atoms with Gasteiger partial charge in [0.15, 0.2) is 0 Å². The maximum Gasteiger partial charge on any atom is 0.0771 e. The van der Waals surface area contributed by atoms with Crippen molar-refractivity contribution in [2.45, 2.75) is 20.4 Å². The molecule has 1 aromatic heterocycles. The topological polar surface area (TPSA) is 43.8 Å². The van der Waals surface area contributed by atoms with Gasteiger partial charge in [-0.05, 0) is 49.2 Å². The number of halogens is 1. The summed E-state index contributed by atoms with van der Waals surface area (Å²) >= 11 is 5.99. The van der Waals surface area contributed by atoms with Gasteiger partial charge >= 0.3 is 0 Å². The summed E-state index contributed by atoms with van der Waals surface area (Å²) in [5.74, 6) is 0. The lowest BCUT2D eigenvalue weighted by molar-refractivity contribution is 0.832. The molecule has 2 N–H and O–H groups in total. The average molecular weight is 312 g/mol. The van der Waals surface area contributed by atoms with Crippen LogP contribution < -0.4 is 5.73 Å². The SMILES string of the molecule is Cc1cccc(-n2nc(CN)cc2-c2ccc(Cl)cc2)c1C. The second-order valence-corrected chi connectivity index (χ2v) is 5.80. The Hall–Kier alpha value is -2.10. The highest BCUT2D eigenvalue weighted by atomic mass is 35.5. The fourth-order valence-corrected chi connectivity index (χ4v) is 2.63. The zero-order valence-corrected chi connectivity index (χ0v) is 13.4. The largest absolute Gasteiger partial charge is 0.325 e. The molecule has 0 fully saturated rings. The maximum atomic E-state index is 5.99. The highest BCUT2D eigenvalue weighted by molar-refractivity contribution is 6.30. The molecule has 0 amide bonds. The molecular formula is C18H18ClN3. The van der Waals surface area contributed by atoms with Crippen molar-refractivity contribution >= 4 is 11.6 Å². The predicted octanol–water partition coefficient (Wildman–Crippen LogP) is 4.27. The van der Waals surface area contributed by atoms with Gasteiger partial charge in [0.2, 0.25) is 0 Å². The van der Waals surface area contributed by atoms with Crippen molar-refractivity contribution in [3.05, 3.63) is 70.4 Å². The van der Waals surface area contributed by atoms with Gasteiger partial charge in [-0.2, -0.15) is 5.10 Å². The van der Waals surface area contributed by atoms with Crippen LogP contribution in [0, 0.1) is 13.8 Å². The Kier molecular flexibility index (Phi) is 4.01. The molecule has 22 heavy (non-hydrogen) atoms. The minimum absolute atomic E-state index is 0.415. The van der Waals surface area contributed by atoms with Crippen LogP contribution in [0.5, 0.6) is 0 Å². The minimum Gasteiger partial charge on any atom is -0.325 e. The molecule has 0 unspecified atom stereocenters. The monoisotopic (exact) mass is 311 g/mol. The Bertz CT molecular complexity index is 804. The van der Waals surface area contributed by atoms with E-state index in [1.807, 2.05) is 41.1 Å². The van der Waals surface area contributed by atoms with Crippen LogP contribution in [0.4, 0.5) is 0 Å². The zero-order valence-electron chi connectivity index (χ0n) is 12.7. The van der Waals surface area contributed by atoms with Gasteiger partial charge < -0.3 is 5.73 Å². The quantitative estimate of drug-likeness (QED) is 0.785. The van der Waals surface area contributed by atoms with Gasteiger partial charge in [-0.25, -0.2) is 4.68 Å². The van der Waals surface area contributed by atoms with Gasteiger partial charge in [0, 0.05) is 17.1 Å². The molecule has 1 heterocycles. The molecule has 0 spiro atoms. The van der Waals surface area contributed by atoms with Crippen molar-refractivity contribution in [3.63, 3.8) is 0 Å². The first-order valence-electron chi connectivity index (χ1n) is 7.21. The number of hydrogen-bond acceptors (Lipinski definition) is 2. The van der Waals surface area contributed by atoms with Gasteiger partial charge in [0.1, 0.15) is 0 Å². The van der Waals surface area contributed by atoms with E-state index in [0.717, 1.165) is 27.7 Å². The number of aryl methyl sites for hydroxylation is 1. The van der Waals surface area contributed by atoms with Gasteiger partial charge in [-0.15, -0.1) is 0 Å². The molecule has 0 radical (unpaired) electrons. The molecule has 3 rings (SSSR count). The van der Waals surface area contributed by atoms with Crippen LogP contribution >= 0.6 is 11.6 Å². The van der Waals surface area contributed by atoms with E-state index in [2.05, 4.69) is 31.1 Å². The van der Waals surface area contributed by atoms with Gasteiger partial charge in [-0.1, -0.05) is 35.9 Å². The van der Waals surface area contributed by atoms with Crippen molar-refractivity contribution in [2.75, 3.05) is 0 Å². The van der Waals surface area contributed by atoms with Crippen LogP contribution in [0.25, 0.3) is 16.9 Å². The molecule has 0 aliphatic heterocycles. The van der Waals surface area contributed by atoms with E-state index in [1.54, 1.807) is 0 Å². The molecule has 0 saturated carbocycles. The molecule has 3 aromatic rings. The average Bonchev–Trinajstić information content (AvgIpc) is 2.95. The summed E-state index contributed by atoms with van der Waals surface area (Å²) in [4.78, 5) is 0. The third-order valence-corrected chi connectivity index (χ3v) is 4.17. The van der Waals surface area contributed by atoms with Crippen LogP contribution in [0.15, 0.2) is 48.5 Å². The summed E-state index contributed by atoms with van der Waals surface area (Å²) in [5.41, 5.74) is 12.3. The molecule has 0 aliphatic carbocycles. The normalized spacial score (nSPS) is 10.9. The third kappa shape index (κ3) is 2.65. The molecular weight excluding hydrogens is 294 g/mol. The fraction of sp³-hybridized carbons (Fsp3) is 0.167. The number of nitrogens with two attached hydrogens (primary N) is 1. The maximum absolute atomic E-state index is 5.99.